The molecule has 188 valence electrons. The Kier molecular flexibility index (Phi) is 5.72. The topological polar surface area (TPSA) is 126 Å². The normalized spacial score (nSPS) is 14.0. The van der Waals surface area contributed by atoms with Crippen LogP contribution in [0.15, 0.2) is 30.6 Å². The number of benzene rings is 1. The Hall–Kier alpha value is -4.11. The number of H-pyrrole nitrogens is 1. The molecule has 0 radical (unpaired) electrons. The molecule has 36 heavy (non-hydrogen) atoms. The number of nitrogens with one attached hydrogen (secondary N) is 1. The summed E-state index contributed by atoms with van der Waals surface area (Å²) >= 11 is 0. The summed E-state index contributed by atoms with van der Waals surface area (Å²) in [6, 6.07) is 5.66. The molecule has 0 aliphatic heterocycles. The highest BCUT2D eigenvalue weighted by molar-refractivity contribution is 5.96. The molecular formula is C24H22F3N5O4. The second-order valence-corrected chi connectivity index (χ2v) is 9.20. The number of nitrogens with zero attached hydrogens (tertiary/aromatic N) is 4. The Bertz CT molecular complexity index is 1540. The van der Waals surface area contributed by atoms with Crippen LogP contribution in [0, 0.1) is 18.3 Å². The first-order valence-corrected chi connectivity index (χ1v) is 10.7. The van der Waals surface area contributed by atoms with Gasteiger partial charge in [0.05, 0.1) is 23.8 Å². The molecule has 2 N–H and O–H groups in total. The van der Waals surface area contributed by atoms with E-state index >= 15 is 0 Å². The summed E-state index contributed by atoms with van der Waals surface area (Å²) in [4.78, 5) is 23.1. The van der Waals surface area contributed by atoms with Gasteiger partial charge in [0.1, 0.15) is 22.9 Å². The minimum absolute atomic E-state index is 0.0413. The van der Waals surface area contributed by atoms with Crippen molar-refractivity contribution >= 4 is 28.2 Å². The third kappa shape index (κ3) is 3.91. The number of aryl methyl sites for hydroxylation is 1. The van der Waals surface area contributed by atoms with E-state index in [0.717, 1.165) is 4.57 Å². The fourth-order valence-electron chi connectivity index (χ4n) is 4.03. The number of aromatic amines is 1. The van der Waals surface area contributed by atoms with Crippen LogP contribution in [-0.4, -0.2) is 49.6 Å². The van der Waals surface area contributed by atoms with Crippen molar-refractivity contribution < 1.29 is 32.5 Å². The van der Waals surface area contributed by atoms with E-state index in [1.54, 1.807) is 27.7 Å². The molecule has 3 aromatic heterocycles. The number of methoxy groups -OCH3 is 1. The number of nitriles is 1. The second kappa shape index (κ2) is 8.23. The fraction of sp³-hybridized carbons (Fsp3) is 0.333. The highest BCUT2D eigenvalue weighted by atomic mass is 19.4. The van der Waals surface area contributed by atoms with Crippen LogP contribution < -0.4 is 4.74 Å². The lowest BCUT2D eigenvalue weighted by molar-refractivity contribution is -0.250. The third-order valence-corrected chi connectivity index (χ3v) is 5.51. The third-order valence-electron chi connectivity index (χ3n) is 5.51. The number of rotatable bonds is 3. The van der Waals surface area contributed by atoms with Gasteiger partial charge in [0.2, 0.25) is 5.60 Å². The van der Waals surface area contributed by atoms with E-state index in [0.29, 0.717) is 5.56 Å². The zero-order valence-corrected chi connectivity index (χ0v) is 20.0. The standard InChI is InChI=1S/C24H22F3N5O4/c1-12-8-16(35-5)17(14-6-7-32(18(12)14)21(33)36-22(2,3)4)23(34,24(25,26)27)20-30-15-9-13(10-28)11-29-19(15)31-20/h6-9,11,34H,1-5H3,(H,29,30,31). The van der Waals surface area contributed by atoms with Gasteiger partial charge in [0.15, 0.2) is 11.5 Å². The van der Waals surface area contributed by atoms with Crippen LogP contribution in [0.3, 0.4) is 0 Å². The summed E-state index contributed by atoms with van der Waals surface area (Å²) in [6.07, 6.45) is -3.65. The minimum Gasteiger partial charge on any atom is -0.496 e. The number of hydrogen-bond donors (Lipinski definition) is 2. The van der Waals surface area contributed by atoms with Gasteiger partial charge in [-0.15, -0.1) is 0 Å². The Balaban J connectivity index is 2.05. The maximum atomic E-state index is 14.7. The van der Waals surface area contributed by atoms with Gasteiger partial charge in [-0.25, -0.2) is 14.8 Å². The summed E-state index contributed by atoms with van der Waals surface area (Å²) in [5, 5.41) is 20.4. The molecule has 9 nitrogen and oxygen atoms in total. The van der Waals surface area contributed by atoms with Crippen molar-refractivity contribution in [2.45, 2.75) is 45.1 Å². The molecule has 0 fully saturated rings. The van der Waals surface area contributed by atoms with E-state index in [-0.39, 0.29) is 33.4 Å². The number of aliphatic hydroxyl groups is 1. The molecule has 1 aromatic carbocycles. The number of pyridine rings is 1. The number of aromatic nitrogens is 4. The van der Waals surface area contributed by atoms with Crippen LogP contribution in [-0.2, 0) is 10.3 Å². The molecule has 3 heterocycles. The smallest absolute Gasteiger partial charge is 0.429 e. The summed E-state index contributed by atoms with van der Waals surface area (Å²) in [7, 11) is 1.17. The number of carbonyl (C=O) groups is 1. The summed E-state index contributed by atoms with van der Waals surface area (Å²) in [5.41, 5.74) is -4.72. The molecule has 0 saturated carbocycles. The molecule has 4 aromatic rings. The largest absolute Gasteiger partial charge is 0.496 e. The maximum absolute atomic E-state index is 14.7. The average Bonchev–Trinajstić information content (AvgIpc) is 3.41. The molecule has 4 rings (SSSR count). The van der Waals surface area contributed by atoms with E-state index in [1.807, 2.05) is 6.07 Å². The average molecular weight is 501 g/mol. The Morgan fingerprint density at radius 2 is 1.94 bits per heavy atom. The van der Waals surface area contributed by atoms with E-state index < -0.39 is 34.9 Å². The first-order valence-electron chi connectivity index (χ1n) is 10.7. The van der Waals surface area contributed by atoms with E-state index in [2.05, 4.69) is 15.0 Å². The second-order valence-electron chi connectivity index (χ2n) is 9.20. The van der Waals surface area contributed by atoms with Crippen molar-refractivity contribution in [1.29, 1.82) is 5.26 Å². The van der Waals surface area contributed by atoms with Crippen LogP contribution in [0.2, 0.25) is 0 Å². The molecule has 0 aliphatic carbocycles. The SMILES string of the molecule is COc1cc(C)c2c(ccn2C(=O)OC(C)(C)C)c1C(O)(c1nc2cc(C#N)cnc2[nH]1)C(F)(F)F. The van der Waals surface area contributed by atoms with Crippen LogP contribution in [0.25, 0.3) is 22.1 Å². The molecule has 0 bridgehead atoms. The molecule has 1 atom stereocenters. The number of fused-ring (bicyclic) bond motifs is 2. The molecule has 0 amide bonds. The van der Waals surface area contributed by atoms with Crippen LogP contribution in [0.4, 0.5) is 18.0 Å². The first kappa shape index (κ1) is 25.0. The number of imidazole rings is 1. The van der Waals surface area contributed by atoms with Gasteiger partial charge in [-0.1, -0.05) is 0 Å². The van der Waals surface area contributed by atoms with Crippen molar-refractivity contribution in [3.63, 3.8) is 0 Å². The van der Waals surface area contributed by atoms with E-state index in [4.69, 9.17) is 14.7 Å². The maximum Gasteiger partial charge on any atom is 0.429 e. The van der Waals surface area contributed by atoms with Crippen molar-refractivity contribution in [1.82, 2.24) is 19.5 Å². The monoisotopic (exact) mass is 501 g/mol. The molecular weight excluding hydrogens is 479 g/mol. The van der Waals surface area contributed by atoms with Crippen molar-refractivity contribution in [3.8, 4) is 11.8 Å². The van der Waals surface area contributed by atoms with Gasteiger partial charge in [-0.05, 0) is 51.5 Å². The highest BCUT2D eigenvalue weighted by Gasteiger charge is 2.61. The molecule has 12 heteroatoms. The lowest BCUT2D eigenvalue weighted by atomic mass is 9.87. The summed E-state index contributed by atoms with van der Waals surface area (Å²) < 4.78 is 56.0. The summed E-state index contributed by atoms with van der Waals surface area (Å²) in [6.45, 7) is 6.57. The zero-order chi connectivity index (χ0) is 26.6. The number of ether oxygens (including phenoxy) is 2. The Morgan fingerprint density at radius 3 is 2.53 bits per heavy atom. The molecule has 0 saturated heterocycles. The number of carbonyl (C=O) groups excluding carboxylic acids is 1. The number of alkyl halides is 3. The van der Waals surface area contributed by atoms with E-state index in [9.17, 15) is 23.1 Å². The predicted octanol–water partition coefficient (Wildman–Crippen LogP) is 4.68. The van der Waals surface area contributed by atoms with Crippen LogP contribution in [0.5, 0.6) is 5.75 Å². The number of halogens is 3. The van der Waals surface area contributed by atoms with Gasteiger partial charge in [-0.2, -0.15) is 18.4 Å². The van der Waals surface area contributed by atoms with Gasteiger partial charge in [-0.3, -0.25) is 4.57 Å². The Labute approximate surface area is 203 Å². The van der Waals surface area contributed by atoms with Gasteiger partial charge in [0.25, 0.3) is 0 Å². The summed E-state index contributed by atoms with van der Waals surface area (Å²) in [5.74, 6) is -1.14. The van der Waals surface area contributed by atoms with Crippen LogP contribution >= 0.6 is 0 Å². The van der Waals surface area contributed by atoms with Crippen molar-refractivity contribution in [2.24, 2.45) is 0 Å². The predicted molar refractivity (Wildman–Crippen MR) is 123 cm³/mol. The quantitative estimate of drug-likeness (QED) is 0.417. The van der Waals surface area contributed by atoms with Crippen molar-refractivity contribution in [3.05, 3.63) is 53.1 Å². The lowest BCUT2D eigenvalue weighted by Crippen LogP contribution is -2.44. The zero-order valence-electron chi connectivity index (χ0n) is 20.0. The minimum atomic E-state index is -5.29. The van der Waals surface area contributed by atoms with Gasteiger partial charge in [0, 0.05) is 17.8 Å². The Morgan fingerprint density at radius 1 is 1.25 bits per heavy atom. The number of hydrogen-bond acceptors (Lipinski definition) is 7. The molecule has 0 spiro atoms. The molecule has 0 aliphatic rings. The molecule has 1 unspecified atom stereocenters. The van der Waals surface area contributed by atoms with Crippen molar-refractivity contribution in [2.75, 3.05) is 7.11 Å². The fourth-order valence-corrected chi connectivity index (χ4v) is 4.03. The van der Waals surface area contributed by atoms with E-state index in [1.165, 1.54) is 37.7 Å². The van der Waals surface area contributed by atoms with Crippen LogP contribution in [0.1, 0.15) is 43.3 Å². The van der Waals surface area contributed by atoms with Gasteiger partial charge < -0.3 is 19.6 Å². The lowest BCUT2D eigenvalue weighted by Gasteiger charge is -2.31. The van der Waals surface area contributed by atoms with Gasteiger partial charge >= 0.3 is 12.3 Å². The first-order chi connectivity index (χ1) is 16.7. The highest BCUT2D eigenvalue weighted by Crippen LogP contribution is 2.50.